The highest BCUT2D eigenvalue weighted by atomic mass is 16.2. The van der Waals surface area contributed by atoms with Crippen molar-refractivity contribution in [2.75, 3.05) is 11.4 Å². The third-order valence-electron chi connectivity index (χ3n) is 3.50. The van der Waals surface area contributed by atoms with Gasteiger partial charge < -0.3 is 10.6 Å². The summed E-state index contributed by atoms with van der Waals surface area (Å²) in [5.41, 5.74) is 9.85. The van der Waals surface area contributed by atoms with Crippen LogP contribution in [-0.2, 0) is 6.54 Å². The number of anilines is 1. The van der Waals surface area contributed by atoms with Crippen molar-refractivity contribution in [2.45, 2.75) is 27.3 Å². The largest absolute Gasteiger partial charge is 0.326 e. The summed E-state index contributed by atoms with van der Waals surface area (Å²) in [6.45, 7) is 6.86. The van der Waals surface area contributed by atoms with E-state index in [1.54, 1.807) is 4.90 Å². The number of carbonyl (C=O) groups is 1. The summed E-state index contributed by atoms with van der Waals surface area (Å²) >= 11 is 0. The van der Waals surface area contributed by atoms with Crippen LogP contribution in [0.25, 0.3) is 0 Å². The second-order valence-corrected chi connectivity index (χ2v) is 5.01. The minimum Gasteiger partial charge on any atom is -0.326 e. The Morgan fingerprint density at radius 2 is 1.81 bits per heavy atom. The first-order valence-corrected chi connectivity index (χ1v) is 7.12. The number of hydrogen-bond acceptors (Lipinski definition) is 3. The van der Waals surface area contributed by atoms with Crippen molar-refractivity contribution >= 4 is 11.6 Å². The van der Waals surface area contributed by atoms with Crippen molar-refractivity contribution in [1.82, 2.24) is 4.98 Å². The van der Waals surface area contributed by atoms with Crippen LogP contribution in [0.1, 0.15) is 34.2 Å². The molecule has 0 aliphatic rings. The number of nitrogens with two attached hydrogens (primary N) is 1. The lowest BCUT2D eigenvalue weighted by molar-refractivity contribution is 0.0987. The van der Waals surface area contributed by atoms with E-state index in [4.69, 9.17) is 5.73 Å². The van der Waals surface area contributed by atoms with Crippen LogP contribution in [0.3, 0.4) is 0 Å². The lowest BCUT2D eigenvalue weighted by atomic mass is 10.1. The van der Waals surface area contributed by atoms with Gasteiger partial charge in [-0.25, -0.2) is 0 Å². The molecule has 4 nitrogen and oxygen atoms in total. The Bertz CT molecular complexity index is 635. The van der Waals surface area contributed by atoms with Crippen molar-refractivity contribution in [3.05, 3.63) is 58.9 Å². The van der Waals surface area contributed by atoms with E-state index < -0.39 is 0 Å². The second kappa shape index (κ2) is 6.50. The van der Waals surface area contributed by atoms with Crippen LogP contribution in [0.5, 0.6) is 0 Å². The van der Waals surface area contributed by atoms with E-state index in [9.17, 15) is 4.79 Å². The molecule has 1 amide bonds. The molecule has 2 rings (SSSR count). The van der Waals surface area contributed by atoms with E-state index in [1.807, 2.05) is 57.2 Å². The third-order valence-corrected chi connectivity index (χ3v) is 3.50. The number of aryl methyl sites for hydroxylation is 2. The summed E-state index contributed by atoms with van der Waals surface area (Å²) in [6, 6.07) is 11.5. The summed E-state index contributed by atoms with van der Waals surface area (Å²) < 4.78 is 0. The van der Waals surface area contributed by atoms with Crippen LogP contribution in [0.4, 0.5) is 5.69 Å². The van der Waals surface area contributed by atoms with Gasteiger partial charge in [0.2, 0.25) is 0 Å². The summed E-state index contributed by atoms with van der Waals surface area (Å²) in [6.07, 6.45) is 0. The first kappa shape index (κ1) is 15.2. The first-order chi connectivity index (χ1) is 10.1. The SMILES string of the molecule is CCN(C(=O)c1ccc(C)nc1C)c1ccc(CN)cc1. The van der Waals surface area contributed by atoms with Gasteiger partial charge in [0.1, 0.15) is 0 Å². The molecule has 0 fully saturated rings. The van der Waals surface area contributed by atoms with Crippen molar-refractivity contribution in [2.24, 2.45) is 5.73 Å². The highest BCUT2D eigenvalue weighted by Gasteiger charge is 2.18. The van der Waals surface area contributed by atoms with Crippen molar-refractivity contribution < 1.29 is 4.79 Å². The molecule has 0 bridgehead atoms. The molecular formula is C17H21N3O. The first-order valence-electron chi connectivity index (χ1n) is 7.12. The minimum atomic E-state index is -0.0250. The smallest absolute Gasteiger partial charge is 0.260 e. The van der Waals surface area contributed by atoms with E-state index in [1.165, 1.54) is 0 Å². The van der Waals surface area contributed by atoms with Gasteiger partial charge in [0.25, 0.3) is 5.91 Å². The zero-order valence-corrected chi connectivity index (χ0v) is 12.8. The molecule has 0 aliphatic carbocycles. The molecule has 4 heteroatoms. The Morgan fingerprint density at radius 3 is 2.33 bits per heavy atom. The Hall–Kier alpha value is -2.20. The molecule has 0 saturated heterocycles. The van der Waals surface area contributed by atoms with Gasteiger partial charge in [-0.1, -0.05) is 12.1 Å². The summed E-state index contributed by atoms with van der Waals surface area (Å²) in [7, 11) is 0. The van der Waals surface area contributed by atoms with Gasteiger partial charge in [-0.05, 0) is 50.6 Å². The number of amides is 1. The lowest BCUT2D eigenvalue weighted by Crippen LogP contribution is -2.31. The molecule has 1 aromatic heterocycles. The number of pyridine rings is 1. The Labute approximate surface area is 125 Å². The fourth-order valence-electron chi connectivity index (χ4n) is 2.31. The van der Waals surface area contributed by atoms with Crippen molar-refractivity contribution in [3.63, 3.8) is 0 Å². The molecule has 0 aliphatic heterocycles. The standard InChI is InChI=1S/C17H21N3O/c1-4-20(15-8-6-14(11-18)7-9-15)17(21)16-10-5-12(2)19-13(16)3/h5-10H,4,11,18H2,1-3H3. The molecule has 1 aromatic carbocycles. The van der Waals surface area contributed by atoms with E-state index in [-0.39, 0.29) is 5.91 Å². The molecule has 0 unspecified atom stereocenters. The summed E-state index contributed by atoms with van der Waals surface area (Å²) in [5, 5.41) is 0. The fraction of sp³-hybridized carbons (Fsp3) is 0.294. The fourth-order valence-corrected chi connectivity index (χ4v) is 2.31. The number of nitrogens with zero attached hydrogens (tertiary/aromatic N) is 2. The number of aromatic nitrogens is 1. The Kier molecular flexibility index (Phi) is 4.70. The quantitative estimate of drug-likeness (QED) is 0.938. The van der Waals surface area contributed by atoms with Gasteiger partial charge in [0, 0.05) is 24.5 Å². The van der Waals surface area contributed by atoms with Gasteiger partial charge in [-0.2, -0.15) is 0 Å². The average Bonchev–Trinajstić information content (AvgIpc) is 2.48. The minimum absolute atomic E-state index is 0.0250. The van der Waals surface area contributed by atoms with E-state index in [0.29, 0.717) is 18.7 Å². The van der Waals surface area contributed by atoms with Crippen LogP contribution in [0.2, 0.25) is 0 Å². The molecule has 0 saturated carbocycles. The van der Waals surface area contributed by atoms with Gasteiger partial charge in [0.15, 0.2) is 0 Å². The van der Waals surface area contributed by atoms with E-state index in [0.717, 1.165) is 22.6 Å². The summed E-state index contributed by atoms with van der Waals surface area (Å²) in [4.78, 5) is 18.8. The number of hydrogen-bond donors (Lipinski definition) is 1. The number of carbonyl (C=O) groups excluding carboxylic acids is 1. The topological polar surface area (TPSA) is 59.2 Å². The molecule has 0 radical (unpaired) electrons. The Balaban J connectivity index is 2.33. The predicted octanol–water partition coefficient (Wildman–Crippen LogP) is 2.82. The third kappa shape index (κ3) is 3.28. The Morgan fingerprint density at radius 1 is 1.14 bits per heavy atom. The number of benzene rings is 1. The molecule has 110 valence electrons. The van der Waals surface area contributed by atoms with Crippen molar-refractivity contribution in [3.8, 4) is 0 Å². The van der Waals surface area contributed by atoms with Crippen molar-refractivity contribution in [1.29, 1.82) is 0 Å². The average molecular weight is 283 g/mol. The monoisotopic (exact) mass is 283 g/mol. The maximum Gasteiger partial charge on any atom is 0.260 e. The lowest BCUT2D eigenvalue weighted by Gasteiger charge is -2.22. The molecule has 1 heterocycles. The number of rotatable bonds is 4. The zero-order chi connectivity index (χ0) is 15.4. The van der Waals surface area contributed by atoms with Gasteiger partial charge in [-0.15, -0.1) is 0 Å². The maximum atomic E-state index is 12.7. The van der Waals surface area contributed by atoms with Gasteiger partial charge in [0.05, 0.1) is 11.3 Å². The van der Waals surface area contributed by atoms with Crippen LogP contribution >= 0.6 is 0 Å². The van der Waals surface area contributed by atoms with E-state index in [2.05, 4.69) is 4.98 Å². The van der Waals surface area contributed by atoms with Gasteiger partial charge in [-0.3, -0.25) is 9.78 Å². The van der Waals surface area contributed by atoms with Crippen LogP contribution in [0.15, 0.2) is 36.4 Å². The predicted molar refractivity (Wildman–Crippen MR) is 85.4 cm³/mol. The second-order valence-electron chi connectivity index (χ2n) is 5.01. The normalized spacial score (nSPS) is 10.5. The zero-order valence-electron chi connectivity index (χ0n) is 12.8. The van der Waals surface area contributed by atoms with Crippen LogP contribution in [0, 0.1) is 13.8 Å². The molecule has 0 spiro atoms. The molecule has 2 aromatic rings. The molecule has 0 atom stereocenters. The van der Waals surface area contributed by atoms with Crippen LogP contribution in [-0.4, -0.2) is 17.4 Å². The van der Waals surface area contributed by atoms with Gasteiger partial charge >= 0.3 is 0 Å². The van der Waals surface area contributed by atoms with E-state index >= 15 is 0 Å². The highest BCUT2D eigenvalue weighted by molar-refractivity contribution is 6.06. The highest BCUT2D eigenvalue weighted by Crippen LogP contribution is 2.19. The van der Waals surface area contributed by atoms with Crippen LogP contribution < -0.4 is 10.6 Å². The molecular weight excluding hydrogens is 262 g/mol. The molecule has 2 N–H and O–H groups in total. The summed E-state index contributed by atoms with van der Waals surface area (Å²) in [5.74, 6) is -0.0250. The molecule has 21 heavy (non-hydrogen) atoms. The maximum absolute atomic E-state index is 12.7.